The molecule has 1 heterocycles. The lowest BCUT2D eigenvalue weighted by molar-refractivity contribution is -0.192. The van der Waals surface area contributed by atoms with Crippen molar-refractivity contribution in [3.8, 4) is 16.9 Å². The summed E-state index contributed by atoms with van der Waals surface area (Å²) in [4.78, 5) is 11.5. The largest absolute Gasteiger partial charge is 0.496 e. The molecule has 0 bridgehead atoms. The van der Waals surface area contributed by atoms with Crippen LogP contribution in [0.25, 0.3) is 11.1 Å². The minimum atomic E-state index is -5.08. The average Bonchev–Trinajstić information content (AvgIpc) is 2.96. The fourth-order valence-electron chi connectivity index (χ4n) is 4.24. The molecule has 1 aliphatic rings. The molecular formula is C29H34F3N3O5S. The predicted octanol–water partition coefficient (Wildman–Crippen LogP) is 4.66. The van der Waals surface area contributed by atoms with E-state index in [0.29, 0.717) is 6.04 Å². The van der Waals surface area contributed by atoms with Gasteiger partial charge >= 0.3 is 12.1 Å². The number of ether oxygens (including phenoxy) is 1. The summed E-state index contributed by atoms with van der Waals surface area (Å²) in [5, 5.41) is 10.8. The second-order valence-electron chi connectivity index (χ2n) is 9.63. The molecule has 0 saturated carbocycles. The maximum atomic E-state index is 12.7. The predicted molar refractivity (Wildman–Crippen MR) is 150 cm³/mol. The minimum Gasteiger partial charge on any atom is -0.496 e. The molecule has 41 heavy (non-hydrogen) atoms. The third kappa shape index (κ3) is 9.85. The lowest BCUT2D eigenvalue weighted by Gasteiger charge is -2.29. The zero-order valence-electron chi connectivity index (χ0n) is 22.8. The molecule has 3 aromatic carbocycles. The highest BCUT2D eigenvalue weighted by molar-refractivity contribution is 7.89. The Morgan fingerprint density at radius 3 is 2.15 bits per heavy atom. The molecule has 222 valence electrons. The summed E-state index contributed by atoms with van der Waals surface area (Å²) in [6.45, 7) is 3.30. The summed E-state index contributed by atoms with van der Waals surface area (Å²) < 4.78 is 65.5. The van der Waals surface area contributed by atoms with E-state index < -0.39 is 22.2 Å². The molecule has 3 aromatic rings. The fourth-order valence-corrected chi connectivity index (χ4v) is 5.25. The molecule has 0 aliphatic carbocycles. The number of nitrogens with one attached hydrogen (secondary N) is 2. The number of carboxylic acids is 1. The van der Waals surface area contributed by atoms with E-state index >= 15 is 0 Å². The number of methoxy groups -OCH3 is 1. The minimum absolute atomic E-state index is 0.242. The van der Waals surface area contributed by atoms with Crippen LogP contribution in [0, 0.1) is 0 Å². The highest BCUT2D eigenvalue weighted by atomic mass is 32.2. The maximum absolute atomic E-state index is 12.7. The van der Waals surface area contributed by atoms with E-state index in [0.717, 1.165) is 54.9 Å². The van der Waals surface area contributed by atoms with E-state index in [1.807, 2.05) is 48.5 Å². The van der Waals surface area contributed by atoms with Crippen LogP contribution in [0.2, 0.25) is 0 Å². The number of halogens is 3. The number of aliphatic carboxylic acids is 1. The van der Waals surface area contributed by atoms with Gasteiger partial charge in [0.05, 0.1) is 12.0 Å². The van der Waals surface area contributed by atoms with Gasteiger partial charge in [0.15, 0.2) is 0 Å². The summed E-state index contributed by atoms with van der Waals surface area (Å²) >= 11 is 0. The van der Waals surface area contributed by atoms with Gasteiger partial charge < -0.3 is 20.1 Å². The van der Waals surface area contributed by atoms with E-state index in [-0.39, 0.29) is 11.4 Å². The van der Waals surface area contributed by atoms with E-state index in [9.17, 15) is 21.6 Å². The van der Waals surface area contributed by atoms with Crippen LogP contribution in [0.5, 0.6) is 5.75 Å². The second-order valence-corrected chi connectivity index (χ2v) is 11.4. The highest BCUT2D eigenvalue weighted by Crippen LogP contribution is 2.32. The molecule has 0 atom stereocenters. The van der Waals surface area contributed by atoms with Crippen LogP contribution in [0.4, 0.5) is 13.2 Å². The smallest absolute Gasteiger partial charge is 0.490 e. The molecular weight excluding hydrogens is 559 g/mol. The quantitative estimate of drug-likeness (QED) is 0.331. The number of likely N-dealkylation sites (tertiary alicyclic amines) is 1. The maximum Gasteiger partial charge on any atom is 0.490 e. The first kappa shape index (κ1) is 32.1. The molecule has 1 fully saturated rings. The van der Waals surface area contributed by atoms with Crippen LogP contribution < -0.4 is 14.8 Å². The van der Waals surface area contributed by atoms with Crippen LogP contribution in [-0.2, 0) is 27.9 Å². The second kappa shape index (κ2) is 14.4. The number of hydrogen-bond donors (Lipinski definition) is 3. The van der Waals surface area contributed by atoms with Crippen molar-refractivity contribution in [3.63, 3.8) is 0 Å². The van der Waals surface area contributed by atoms with Gasteiger partial charge in [-0.05, 0) is 73.9 Å². The lowest BCUT2D eigenvalue weighted by atomic mass is 10.0. The first-order valence-corrected chi connectivity index (χ1v) is 14.4. The molecule has 0 spiro atoms. The van der Waals surface area contributed by atoms with Crippen molar-refractivity contribution < 1.29 is 36.2 Å². The summed E-state index contributed by atoms with van der Waals surface area (Å²) in [7, 11) is 0.222. The number of piperidine rings is 1. The number of rotatable bonds is 9. The average molecular weight is 594 g/mol. The SMILES string of the molecule is COc1ccc(CNC2CCN(C)CC2)cc1-c1ccc(S(=O)(=O)NCc2ccccc2)cc1.O=C(O)C(F)(F)F. The Morgan fingerprint density at radius 1 is 0.976 bits per heavy atom. The normalized spacial score (nSPS) is 14.7. The molecule has 0 aromatic heterocycles. The van der Waals surface area contributed by atoms with E-state index in [2.05, 4.69) is 34.1 Å². The van der Waals surface area contributed by atoms with Crippen LogP contribution in [-0.4, -0.2) is 63.9 Å². The Labute approximate surface area is 238 Å². The van der Waals surface area contributed by atoms with E-state index in [1.165, 1.54) is 5.56 Å². The Balaban J connectivity index is 0.000000587. The summed E-state index contributed by atoms with van der Waals surface area (Å²) in [6.07, 6.45) is -2.76. The summed E-state index contributed by atoms with van der Waals surface area (Å²) in [5.41, 5.74) is 3.96. The van der Waals surface area contributed by atoms with Crippen molar-refractivity contribution >= 4 is 16.0 Å². The third-order valence-electron chi connectivity index (χ3n) is 6.60. The van der Waals surface area contributed by atoms with E-state index in [1.54, 1.807) is 19.2 Å². The van der Waals surface area contributed by atoms with Gasteiger partial charge in [-0.2, -0.15) is 13.2 Å². The van der Waals surface area contributed by atoms with E-state index in [4.69, 9.17) is 14.6 Å². The molecule has 4 rings (SSSR count). The lowest BCUT2D eigenvalue weighted by Crippen LogP contribution is -2.40. The number of benzene rings is 3. The van der Waals surface area contributed by atoms with Gasteiger partial charge in [0.25, 0.3) is 0 Å². The van der Waals surface area contributed by atoms with Gasteiger partial charge in [0.2, 0.25) is 10.0 Å². The van der Waals surface area contributed by atoms with Crippen molar-refractivity contribution in [3.05, 3.63) is 83.9 Å². The van der Waals surface area contributed by atoms with Crippen molar-refractivity contribution in [2.24, 2.45) is 0 Å². The molecule has 12 heteroatoms. The molecule has 1 saturated heterocycles. The van der Waals surface area contributed by atoms with Gasteiger partial charge in [0.1, 0.15) is 5.75 Å². The van der Waals surface area contributed by atoms with Gasteiger partial charge in [-0.3, -0.25) is 0 Å². The Morgan fingerprint density at radius 2 is 1.59 bits per heavy atom. The zero-order chi connectivity index (χ0) is 30.0. The van der Waals surface area contributed by atoms with Gasteiger partial charge in [0, 0.05) is 24.7 Å². The first-order valence-electron chi connectivity index (χ1n) is 12.9. The van der Waals surface area contributed by atoms with Crippen molar-refractivity contribution in [1.82, 2.24) is 14.9 Å². The molecule has 0 amide bonds. The van der Waals surface area contributed by atoms with Crippen molar-refractivity contribution in [1.29, 1.82) is 0 Å². The summed E-state index contributed by atoms with van der Waals surface area (Å²) in [6, 6.07) is 23.2. The number of alkyl halides is 3. The fraction of sp³-hybridized carbons (Fsp3) is 0.345. The van der Waals surface area contributed by atoms with Crippen molar-refractivity contribution in [2.45, 2.75) is 43.0 Å². The van der Waals surface area contributed by atoms with Crippen LogP contribution in [0.3, 0.4) is 0 Å². The monoisotopic (exact) mass is 593 g/mol. The zero-order valence-corrected chi connectivity index (χ0v) is 23.6. The Bertz CT molecular complexity index is 1380. The molecule has 8 nitrogen and oxygen atoms in total. The molecule has 0 radical (unpaired) electrons. The Hall–Kier alpha value is -3.45. The number of carboxylic acid groups (broad SMARTS) is 1. The van der Waals surface area contributed by atoms with Crippen LogP contribution >= 0.6 is 0 Å². The number of carbonyl (C=O) groups is 1. The van der Waals surface area contributed by atoms with Gasteiger partial charge in [-0.1, -0.05) is 48.5 Å². The highest BCUT2D eigenvalue weighted by Gasteiger charge is 2.38. The molecule has 1 aliphatic heterocycles. The number of nitrogens with zero attached hydrogens (tertiary/aromatic N) is 1. The topological polar surface area (TPSA) is 108 Å². The molecule has 0 unspecified atom stereocenters. The van der Waals surface area contributed by atoms with Gasteiger partial charge in [-0.25, -0.2) is 17.9 Å². The number of sulfonamides is 1. The number of hydrogen-bond acceptors (Lipinski definition) is 6. The standard InChI is InChI=1S/C27H33N3O3S.C2HF3O2/c1-30-16-14-24(15-17-30)28-19-22-8-13-27(33-2)26(18-22)23-9-11-25(12-10-23)34(31,32)29-20-21-6-4-3-5-7-21;3-2(4,5)1(6)7/h3-13,18,24,28-29H,14-17,19-20H2,1-2H3;(H,6,7). The molecule has 3 N–H and O–H groups in total. The first-order chi connectivity index (χ1) is 19.4. The van der Waals surface area contributed by atoms with Crippen LogP contribution in [0.1, 0.15) is 24.0 Å². The Kier molecular flexibility index (Phi) is 11.3. The third-order valence-corrected chi connectivity index (χ3v) is 8.02. The summed E-state index contributed by atoms with van der Waals surface area (Å²) in [5.74, 6) is -1.99. The van der Waals surface area contributed by atoms with Gasteiger partial charge in [-0.15, -0.1) is 0 Å². The van der Waals surface area contributed by atoms with Crippen molar-refractivity contribution in [2.75, 3.05) is 27.2 Å². The van der Waals surface area contributed by atoms with Crippen LogP contribution in [0.15, 0.2) is 77.7 Å².